The summed E-state index contributed by atoms with van der Waals surface area (Å²) in [5, 5.41) is 20.5. The van der Waals surface area contributed by atoms with Gasteiger partial charge in [-0.05, 0) is 36.2 Å². The number of nitriles is 1. The molecule has 1 fully saturated rings. The van der Waals surface area contributed by atoms with Crippen molar-refractivity contribution < 1.29 is 27.9 Å². The number of hydrogen-bond acceptors (Lipinski definition) is 8. The van der Waals surface area contributed by atoms with E-state index in [4.69, 9.17) is 14.3 Å². The fourth-order valence-corrected chi connectivity index (χ4v) is 5.10. The summed E-state index contributed by atoms with van der Waals surface area (Å²) < 4.78 is 38.8. The first kappa shape index (κ1) is 28.2. The molecule has 11 nitrogen and oxygen atoms in total. The highest BCUT2D eigenvalue weighted by Crippen LogP contribution is 2.49. The molecule has 0 spiro atoms. The van der Waals surface area contributed by atoms with Crippen LogP contribution in [0.5, 0.6) is 5.75 Å². The number of aromatic nitrogens is 5. The van der Waals surface area contributed by atoms with Crippen LogP contribution >= 0.6 is 0 Å². The number of hydrogen-bond donors (Lipinski definition) is 1. The van der Waals surface area contributed by atoms with Gasteiger partial charge in [0.25, 0.3) is 5.91 Å². The number of nitrogens with zero attached hydrogens (tertiary/aromatic N) is 6. The Morgan fingerprint density at radius 1 is 1.27 bits per heavy atom. The molecule has 4 aromatic rings. The number of ether oxygens (including phenoxy) is 2. The summed E-state index contributed by atoms with van der Waals surface area (Å²) in [6, 6.07) is 9.59. The lowest BCUT2D eigenvalue weighted by Crippen LogP contribution is -2.24. The third-order valence-corrected chi connectivity index (χ3v) is 8.33. The number of benzene rings is 1. The smallest absolute Gasteiger partial charge is 0.387 e. The van der Waals surface area contributed by atoms with Crippen LogP contribution in [-0.2, 0) is 4.74 Å². The molecule has 1 aliphatic rings. The largest absolute Gasteiger partial charge is 0.434 e. The molecule has 14 heteroatoms. The lowest BCUT2D eigenvalue weighted by atomic mass is 10.0. The predicted molar refractivity (Wildman–Crippen MR) is 147 cm³/mol. The van der Waals surface area contributed by atoms with E-state index >= 15 is 0 Å². The molecule has 5 rings (SSSR count). The molecule has 0 radical (unpaired) electrons. The van der Waals surface area contributed by atoms with Gasteiger partial charge in [-0.1, -0.05) is 30.6 Å². The fraction of sp³-hybridized carbons (Fsp3) is 0.370. The molecule has 41 heavy (non-hydrogen) atoms. The van der Waals surface area contributed by atoms with Crippen LogP contribution in [0.15, 0.2) is 49.1 Å². The molecule has 214 valence electrons. The zero-order chi connectivity index (χ0) is 29.1. The number of rotatable bonds is 12. The van der Waals surface area contributed by atoms with Gasteiger partial charge in [0.1, 0.15) is 17.0 Å². The van der Waals surface area contributed by atoms with Crippen molar-refractivity contribution in [2.24, 2.45) is 5.92 Å². The van der Waals surface area contributed by atoms with Gasteiger partial charge in [-0.15, -0.1) is 5.10 Å². The number of amides is 1. The van der Waals surface area contributed by atoms with Crippen molar-refractivity contribution >= 4 is 25.3 Å². The van der Waals surface area contributed by atoms with Gasteiger partial charge >= 0.3 is 6.61 Å². The van der Waals surface area contributed by atoms with Crippen LogP contribution < -0.4 is 14.9 Å². The monoisotopic (exact) mass is 581 g/mol. The van der Waals surface area contributed by atoms with Crippen LogP contribution in [0.1, 0.15) is 28.3 Å². The molecule has 0 bridgehead atoms. The van der Waals surface area contributed by atoms with E-state index in [0.717, 1.165) is 16.5 Å². The Morgan fingerprint density at radius 2 is 2.10 bits per heavy atom. The highest BCUT2D eigenvalue weighted by Gasteiger charge is 2.39. The molecular formula is C27H29F2N7O4Si. The number of carbonyl (C=O) groups is 1. The molecule has 1 saturated carbocycles. The lowest BCUT2D eigenvalue weighted by Gasteiger charge is -2.17. The van der Waals surface area contributed by atoms with Crippen molar-refractivity contribution in [2.75, 3.05) is 18.7 Å². The van der Waals surface area contributed by atoms with Crippen LogP contribution in [0.4, 0.5) is 14.5 Å². The van der Waals surface area contributed by atoms with Crippen molar-refractivity contribution in [2.45, 2.75) is 44.6 Å². The Labute approximate surface area is 235 Å². The van der Waals surface area contributed by atoms with Crippen LogP contribution in [0, 0.1) is 17.2 Å². The Hall–Kier alpha value is -4.35. The topological polar surface area (TPSA) is 129 Å². The molecular weight excluding hydrogens is 552 g/mol. The van der Waals surface area contributed by atoms with Gasteiger partial charge in [-0.2, -0.15) is 19.1 Å². The summed E-state index contributed by atoms with van der Waals surface area (Å²) in [6.07, 6.45) is 6.59. The predicted octanol–water partition coefficient (Wildman–Crippen LogP) is 4.81. The van der Waals surface area contributed by atoms with Crippen molar-refractivity contribution in [1.82, 2.24) is 24.5 Å². The Morgan fingerprint density at radius 3 is 2.83 bits per heavy atom. The standard InChI is InChI=1S/C27H29F2N7O4Si/c1-41(2,3)10-9-38-16-39-36-24(20-11-17(19-12-18(19)13-30)5-6-23(20)40-27(28)29)22(15-33-36)34-26(37)21-14-32-35-8-4-7-31-25(21)35/h4-8,11,14-15,18-19,27H,9-10,12,16H2,1-3H3,(H,34,37). The van der Waals surface area contributed by atoms with Crippen molar-refractivity contribution in [1.29, 1.82) is 5.26 Å². The minimum Gasteiger partial charge on any atom is -0.434 e. The summed E-state index contributed by atoms with van der Waals surface area (Å²) >= 11 is 0. The molecule has 2 unspecified atom stereocenters. The second-order valence-corrected chi connectivity index (χ2v) is 16.5. The van der Waals surface area contributed by atoms with Gasteiger partial charge < -0.3 is 19.6 Å². The van der Waals surface area contributed by atoms with Gasteiger partial charge in [0, 0.05) is 38.6 Å². The van der Waals surface area contributed by atoms with Gasteiger partial charge in [-0.25, -0.2) is 9.50 Å². The molecule has 0 aliphatic heterocycles. The van der Waals surface area contributed by atoms with Gasteiger partial charge in [0.05, 0.1) is 30.1 Å². The van der Waals surface area contributed by atoms with E-state index in [1.54, 1.807) is 30.6 Å². The number of anilines is 1. The highest BCUT2D eigenvalue weighted by molar-refractivity contribution is 6.76. The molecule has 1 N–H and O–H groups in total. The minimum atomic E-state index is -3.10. The Bertz CT molecular complexity index is 1590. The summed E-state index contributed by atoms with van der Waals surface area (Å²) in [5.41, 5.74) is 1.87. The van der Waals surface area contributed by atoms with E-state index in [0.29, 0.717) is 18.7 Å². The SMILES string of the molecule is C[Si](C)(C)CCOCOn1ncc(NC(=O)c2cnn3cccnc23)c1-c1cc(C2CC2C#N)ccc1OC(F)F. The molecule has 1 amide bonds. The van der Waals surface area contributed by atoms with E-state index in [9.17, 15) is 18.8 Å². The van der Waals surface area contributed by atoms with Crippen molar-refractivity contribution in [3.63, 3.8) is 0 Å². The number of halogens is 2. The van der Waals surface area contributed by atoms with E-state index in [-0.39, 0.29) is 46.9 Å². The number of nitrogens with one attached hydrogen (secondary N) is 1. The van der Waals surface area contributed by atoms with Crippen LogP contribution in [0.25, 0.3) is 16.9 Å². The molecule has 3 heterocycles. The molecule has 0 saturated heterocycles. The number of alkyl halides is 2. The zero-order valence-corrected chi connectivity index (χ0v) is 23.8. The first-order valence-electron chi connectivity index (χ1n) is 13.0. The van der Waals surface area contributed by atoms with E-state index in [2.05, 4.69) is 46.2 Å². The van der Waals surface area contributed by atoms with Gasteiger partial charge in [0.2, 0.25) is 6.79 Å². The van der Waals surface area contributed by atoms with Crippen LogP contribution in [0.2, 0.25) is 25.7 Å². The highest BCUT2D eigenvalue weighted by atomic mass is 28.3. The minimum absolute atomic E-state index is 0.0376. The summed E-state index contributed by atoms with van der Waals surface area (Å²) in [5.74, 6) is -0.876. The summed E-state index contributed by atoms with van der Waals surface area (Å²) in [7, 11) is -1.33. The van der Waals surface area contributed by atoms with Crippen molar-refractivity contribution in [3.8, 4) is 23.1 Å². The van der Waals surface area contributed by atoms with Crippen LogP contribution in [0.3, 0.4) is 0 Å². The van der Waals surface area contributed by atoms with Crippen molar-refractivity contribution in [3.05, 3.63) is 60.2 Å². The lowest BCUT2D eigenvalue weighted by molar-refractivity contribution is -0.0662. The van der Waals surface area contributed by atoms with E-state index in [1.165, 1.54) is 23.0 Å². The maximum atomic E-state index is 13.4. The zero-order valence-electron chi connectivity index (χ0n) is 22.8. The molecule has 1 aromatic carbocycles. The second kappa shape index (κ2) is 11.6. The molecule has 3 aromatic heterocycles. The quantitative estimate of drug-likeness (QED) is 0.143. The maximum Gasteiger partial charge on any atom is 0.387 e. The molecule has 1 aliphatic carbocycles. The summed E-state index contributed by atoms with van der Waals surface area (Å²) in [6.45, 7) is 3.92. The second-order valence-electron chi connectivity index (χ2n) is 10.9. The number of fused-ring (bicyclic) bond motifs is 1. The molecule has 2 atom stereocenters. The van der Waals surface area contributed by atoms with Gasteiger partial charge in [0.15, 0.2) is 5.65 Å². The normalized spacial score (nSPS) is 16.5. The maximum absolute atomic E-state index is 13.4. The fourth-order valence-electron chi connectivity index (χ4n) is 4.34. The number of carbonyl (C=O) groups excluding carboxylic acids is 1. The van der Waals surface area contributed by atoms with Crippen LogP contribution in [-0.4, -0.2) is 58.5 Å². The van der Waals surface area contributed by atoms with Gasteiger partial charge in [-0.3, -0.25) is 4.79 Å². The third-order valence-electron chi connectivity index (χ3n) is 6.62. The first-order valence-corrected chi connectivity index (χ1v) is 16.7. The Kier molecular flexibility index (Phi) is 8.00. The van der Waals surface area contributed by atoms with E-state index < -0.39 is 20.6 Å². The first-order chi connectivity index (χ1) is 19.6. The third kappa shape index (κ3) is 6.52. The average Bonchev–Trinajstić information content (AvgIpc) is 3.43. The van der Waals surface area contributed by atoms with E-state index in [1.807, 2.05) is 0 Å². The summed E-state index contributed by atoms with van der Waals surface area (Å²) in [4.78, 5) is 24.4. The Balaban J connectivity index is 1.50. The average molecular weight is 582 g/mol.